The molecule has 3 N–H and O–H groups in total. The minimum Gasteiger partial charge on any atom is -0.372 e. The monoisotopic (exact) mass is 313 g/mol. The molecule has 0 spiro atoms. The maximum atomic E-state index is 12.0. The third kappa shape index (κ3) is 4.36. The second kappa shape index (κ2) is 6.80. The third-order valence-corrected chi connectivity index (χ3v) is 3.56. The second-order valence-corrected chi connectivity index (χ2v) is 5.33. The summed E-state index contributed by atoms with van der Waals surface area (Å²) in [6, 6.07) is 5.92. The molecule has 0 unspecified atom stereocenters. The Bertz CT molecular complexity index is 598. The predicted molar refractivity (Wildman–Crippen MR) is 82.6 cm³/mol. The lowest BCUT2D eigenvalue weighted by molar-refractivity contribution is 0.138. The topological polar surface area (TPSA) is 39.8 Å². The van der Waals surface area contributed by atoms with Gasteiger partial charge in [0.2, 0.25) is 6.43 Å². The van der Waals surface area contributed by atoms with Gasteiger partial charge in [-0.2, -0.15) is 0 Å². The van der Waals surface area contributed by atoms with Crippen LogP contribution in [-0.2, 0) is 6.54 Å². The van der Waals surface area contributed by atoms with Crippen LogP contribution < -0.4 is 10.6 Å². The van der Waals surface area contributed by atoms with Gasteiger partial charge in [0.15, 0.2) is 0 Å². The Morgan fingerprint density at radius 1 is 1.33 bits per heavy atom. The van der Waals surface area contributed by atoms with E-state index in [2.05, 4.69) is 22.2 Å². The Hall–Kier alpha value is -1.75. The Balaban J connectivity index is 1.90. The average Bonchev–Trinajstić information content (AvgIpc) is 2.78. The maximum Gasteiger partial charge on any atom is 0.240 e. The van der Waals surface area contributed by atoms with E-state index in [1.165, 1.54) is 0 Å². The second-order valence-electron chi connectivity index (χ2n) is 4.92. The van der Waals surface area contributed by atoms with Crippen molar-refractivity contribution in [1.82, 2.24) is 15.6 Å². The molecule has 2 rings (SSSR count). The molecule has 6 heteroatoms. The quantitative estimate of drug-likeness (QED) is 0.724. The fraction of sp³-hybridized carbons (Fsp3) is 0.333. The van der Waals surface area contributed by atoms with Crippen LogP contribution in [0.15, 0.2) is 30.6 Å². The molecule has 21 heavy (non-hydrogen) atoms. The first-order valence-electron chi connectivity index (χ1n) is 6.68. The van der Waals surface area contributed by atoms with E-state index in [0.29, 0.717) is 12.4 Å². The number of aryl methyl sites for hydroxylation is 1. The van der Waals surface area contributed by atoms with Crippen molar-refractivity contribution in [2.75, 3.05) is 6.54 Å². The van der Waals surface area contributed by atoms with Crippen LogP contribution in [0, 0.1) is 6.92 Å². The van der Waals surface area contributed by atoms with Gasteiger partial charge < -0.3 is 15.6 Å². The first kappa shape index (κ1) is 15.6. The molecule has 0 fully saturated rings. The van der Waals surface area contributed by atoms with Crippen LogP contribution in [0.25, 0.3) is 10.9 Å². The van der Waals surface area contributed by atoms with Crippen LogP contribution >= 0.6 is 11.6 Å². The SMILES string of the molecule is C=C(NCCC(F)F)NCc1cc2cc(Cl)c(C)cc2[nH]1. The van der Waals surface area contributed by atoms with E-state index >= 15 is 0 Å². The number of rotatable bonds is 7. The van der Waals surface area contributed by atoms with Crippen LogP contribution in [0.4, 0.5) is 8.78 Å². The lowest BCUT2D eigenvalue weighted by atomic mass is 10.2. The van der Waals surface area contributed by atoms with E-state index in [1.54, 1.807) is 0 Å². The fourth-order valence-corrected chi connectivity index (χ4v) is 2.19. The van der Waals surface area contributed by atoms with Gasteiger partial charge in [-0.1, -0.05) is 18.2 Å². The van der Waals surface area contributed by atoms with Crippen molar-refractivity contribution in [2.24, 2.45) is 0 Å². The van der Waals surface area contributed by atoms with Crippen LogP contribution in [0.3, 0.4) is 0 Å². The Morgan fingerprint density at radius 3 is 2.81 bits per heavy atom. The molecule has 0 aliphatic heterocycles. The van der Waals surface area contributed by atoms with E-state index in [-0.39, 0.29) is 13.0 Å². The molecule has 114 valence electrons. The number of H-pyrrole nitrogens is 1. The minimum absolute atomic E-state index is 0.190. The zero-order valence-electron chi connectivity index (χ0n) is 11.8. The summed E-state index contributed by atoms with van der Waals surface area (Å²) < 4.78 is 24.0. The summed E-state index contributed by atoms with van der Waals surface area (Å²) in [4.78, 5) is 3.28. The normalized spacial score (nSPS) is 11.1. The number of aromatic amines is 1. The van der Waals surface area contributed by atoms with Crippen molar-refractivity contribution >= 4 is 22.5 Å². The lowest BCUT2D eigenvalue weighted by Gasteiger charge is -2.11. The molecular formula is C15H18ClF2N3. The zero-order chi connectivity index (χ0) is 15.4. The van der Waals surface area contributed by atoms with Crippen LogP contribution in [-0.4, -0.2) is 18.0 Å². The molecular weight excluding hydrogens is 296 g/mol. The van der Waals surface area contributed by atoms with Crippen molar-refractivity contribution in [3.05, 3.63) is 46.9 Å². The van der Waals surface area contributed by atoms with Crippen molar-refractivity contribution in [1.29, 1.82) is 0 Å². The summed E-state index contributed by atoms with van der Waals surface area (Å²) >= 11 is 6.09. The Morgan fingerprint density at radius 2 is 2.10 bits per heavy atom. The number of hydrogen-bond acceptors (Lipinski definition) is 2. The lowest BCUT2D eigenvalue weighted by Crippen LogP contribution is -2.26. The molecule has 0 aliphatic carbocycles. The third-order valence-electron chi connectivity index (χ3n) is 3.15. The average molecular weight is 314 g/mol. The number of alkyl halides is 2. The number of benzene rings is 1. The van der Waals surface area contributed by atoms with E-state index in [9.17, 15) is 8.78 Å². The largest absolute Gasteiger partial charge is 0.372 e. The maximum absolute atomic E-state index is 12.0. The summed E-state index contributed by atoms with van der Waals surface area (Å²) in [6.07, 6.45) is -2.49. The van der Waals surface area contributed by atoms with Gasteiger partial charge in [0.25, 0.3) is 0 Å². The number of nitrogens with one attached hydrogen (secondary N) is 3. The van der Waals surface area contributed by atoms with Crippen LogP contribution in [0.1, 0.15) is 17.7 Å². The van der Waals surface area contributed by atoms with Gasteiger partial charge >= 0.3 is 0 Å². The van der Waals surface area contributed by atoms with Gasteiger partial charge in [0.05, 0.1) is 12.4 Å². The standard InChI is InChI=1S/C15H18ClF2N3/c1-9-5-14-11(7-13(9)16)6-12(21-14)8-20-10(2)19-4-3-15(17)18/h5-7,15,19-21H,2-4,8H2,1H3. The van der Waals surface area contributed by atoms with Gasteiger partial charge in [0.1, 0.15) is 0 Å². The van der Waals surface area contributed by atoms with Crippen molar-refractivity contribution in [2.45, 2.75) is 26.3 Å². The van der Waals surface area contributed by atoms with Gasteiger partial charge in [-0.15, -0.1) is 0 Å². The molecule has 0 radical (unpaired) electrons. The summed E-state index contributed by atoms with van der Waals surface area (Å²) in [5.41, 5.74) is 3.01. The molecule has 0 aliphatic rings. The molecule has 0 bridgehead atoms. The smallest absolute Gasteiger partial charge is 0.240 e. The van der Waals surface area contributed by atoms with Gasteiger partial charge in [0, 0.05) is 34.6 Å². The molecule has 1 aromatic heterocycles. The van der Waals surface area contributed by atoms with Gasteiger partial charge in [-0.05, 0) is 30.7 Å². The highest BCUT2D eigenvalue weighted by molar-refractivity contribution is 6.32. The summed E-state index contributed by atoms with van der Waals surface area (Å²) in [6.45, 7) is 6.43. The molecule has 0 amide bonds. The predicted octanol–water partition coefficient (Wildman–Crippen LogP) is 3.94. The first-order valence-corrected chi connectivity index (χ1v) is 7.06. The molecule has 1 aromatic carbocycles. The first-order chi connectivity index (χ1) is 9.95. The van der Waals surface area contributed by atoms with E-state index < -0.39 is 6.43 Å². The number of fused-ring (bicyclic) bond motifs is 1. The van der Waals surface area contributed by atoms with E-state index in [0.717, 1.165) is 27.2 Å². The zero-order valence-corrected chi connectivity index (χ0v) is 12.5. The van der Waals surface area contributed by atoms with Crippen LogP contribution in [0.2, 0.25) is 5.02 Å². The van der Waals surface area contributed by atoms with Crippen molar-refractivity contribution in [3.63, 3.8) is 0 Å². The summed E-state index contributed by atoms with van der Waals surface area (Å²) in [5.74, 6) is 0.531. The van der Waals surface area contributed by atoms with Crippen molar-refractivity contribution < 1.29 is 8.78 Å². The Kier molecular flexibility index (Phi) is 5.07. The highest BCUT2D eigenvalue weighted by Gasteiger charge is 2.05. The van der Waals surface area contributed by atoms with E-state index in [4.69, 9.17) is 11.6 Å². The molecule has 3 nitrogen and oxygen atoms in total. The highest BCUT2D eigenvalue weighted by atomic mass is 35.5. The van der Waals surface area contributed by atoms with Crippen molar-refractivity contribution in [3.8, 4) is 0 Å². The van der Waals surface area contributed by atoms with E-state index in [1.807, 2.05) is 25.1 Å². The molecule has 0 atom stereocenters. The minimum atomic E-state index is -2.30. The molecule has 0 saturated carbocycles. The fourth-order valence-electron chi connectivity index (χ4n) is 2.01. The van der Waals surface area contributed by atoms with Gasteiger partial charge in [-0.3, -0.25) is 0 Å². The number of halogens is 3. The molecule has 0 saturated heterocycles. The highest BCUT2D eigenvalue weighted by Crippen LogP contribution is 2.23. The Labute approximate surface area is 127 Å². The van der Waals surface area contributed by atoms with Crippen LogP contribution in [0.5, 0.6) is 0 Å². The molecule has 1 heterocycles. The number of aromatic nitrogens is 1. The summed E-state index contributed by atoms with van der Waals surface area (Å²) in [7, 11) is 0. The van der Waals surface area contributed by atoms with Gasteiger partial charge in [-0.25, -0.2) is 8.78 Å². The number of hydrogen-bond donors (Lipinski definition) is 3. The molecule has 2 aromatic rings. The summed E-state index contributed by atoms with van der Waals surface area (Å²) in [5, 5.41) is 7.64.